The van der Waals surface area contributed by atoms with Crippen LogP contribution in [-0.4, -0.2) is 49.3 Å². The lowest BCUT2D eigenvalue weighted by molar-refractivity contribution is -0.432. The zero-order valence-corrected chi connectivity index (χ0v) is 29.1. The molecular weight excluding hydrogens is 737 g/mol. The smallest absolute Gasteiger partial charge is 0.298 e. The molecule has 0 aliphatic carbocycles. The van der Waals surface area contributed by atoms with Gasteiger partial charge < -0.3 is 18.9 Å². The third-order valence-corrected chi connectivity index (χ3v) is 11.9. The molecule has 0 fully saturated rings. The number of benzene rings is 5. The van der Waals surface area contributed by atoms with Crippen LogP contribution in [0.5, 0.6) is 34.5 Å². The monoisotopic (exact) mass is 762 g/mol. The zero-order chi connectivity index (χ0) is 36.1. The van der Waals surface area contributed by atoms with Gasteiger partial charge in [0.1, 0.15) is 39.4 Å². The van der Waals surface area contributed by atoms with Gasteiger partial charge in [0.2, 0.25) is 19.7 Å². The minimum Gasteiger partial charge on any atom is -0.497 e. The van der Waals surface area contributed by atoms with Crippen LogP contribution in [0, 0.1) is 0 Å². The van der Waals surface area contributed by atoms with Gasteiger partial charge in [-0.2, -0.15) is 8.42 Å². The Bertz CT molecular complexity index is 2310. The zero-order valence-electron chi connectivity index (χ0n) is 25.8. The van der Waals surface area contributed by atoms with Gasteiger partial charge in [-0.15, -0.1) is 4.33 Å². The van der Waals surface area contributed by atoms with Crippen molar-refractivity contribution in [2.45, 2.75) is 29.4 Å². The molecule has 0 radical (unpaired) electrons. The van der Waals surface area contributed by atoms with Crippen LogP contribution in [0.15, 0.2) is 139 Å². The van der Waals surface area contributed by atoms with E-state index in [1.807, 2.05) is 0 Å². The maximum absolute atomic E-state index is 13.7. The SMILES string of the molecule is COc1ccc(Oc2ccc(S(=O)(=O)c3ccc(Oc4ccc(S(=O)(=O)c5ccc(OC)cc5)cc4)c(SOOO)c3)cc2S(=O)(=O)O)cc1. The molecule has 5 aromatic carbocycles. The molecule has 0 saturated heterocycles. The fourth-order valence-electron chi connectivity index (χ4n) is 4.41. The van der Waals surface area contributed by atoms with Crippen molar-refractivity contribution in [1.29, 1.82) is 0 Å². The van der Waals surface area contributed by atoms with Crippen molar-refractivity contribution in [3.8, 4) is 34.5 Å². The lowest BCUT2D eigenvalue weighted by Gasteiger charge is -2.14. The molecule has 0 aliphatic rings. The third kappa shape index (κ3) is 8.20. The average molecular weight is 763 g/mol. The number of sulfone groups is 2. The standard InChI is InChI=1S/C32H26O14S4/c1-41-21-3-5-23(6-4-21)44-30-18-16-28(20-32(30)50(38,39)40)49(36,37)27-15-17-29(31(19-27)47-46-45-33)43-24-9-13-26(14-10-24)48(34,35)25-11-7-22(42-2)8-12-25/h3-20,33H,1-2H3,(H,38,39,40). The highest BCUT2D eigenvalue weighted by Gasteiger charge is 2.26. The van der Waals surface area contributed by atoms with E-state index in [1.165, 1.54) is 80.9 Å². The van der Waals surface area contributed by atoms with Crippen molar-refractivity contribution in [1.82, 2.24) is 0 Å². The van der Waals surface area contributed by atoms with Gasteiger partial charge in [0.05, 0.1) is 50.7 Å². The van der Waals surface area contributed by atoms with E-state index in [0.717, 1.165) is 30.3 Å². The summed E-state index contributed by atoms with van der Waals surface area (Å²) in [6.07, 6.45) is 0. The van der Waals surface area contributed by atoms with Crippen LogP contribution < -0.4 is 18.9 Å². The summed E-state index contributed by atoms with van der Waals surface area (Å²) in [5.74, 6) is 1.01. The molecule has 18 heteroatoms. The summed E-state index contributed by atoms with van der Waals surface area (Å²) in [6.45, 7) is 0. The van der Waals surface area contributed by atoms with Crippen LogP contribution in [0.25, 0.3) is 0 Å². The Hall–Kier alpha value is -4.66. The molecule has 0 unspecified atom stereocenters. The van der Waals surface area contributed by atoms with Gasteiger partial charge in [-0.3, -0.25) is 4.55 Å². The molecule has 0 bridgehead atoms. The van der Waals surface area contributed by atoms with E-state index in [4.69, 9.17) is 24.2 Å². The quantitative estimate of drug-likeness (QED) is 0.0529. The predicted octanol–water partition coefficient (Wildman–Crippen LogP) is 6.63. The lowest BCUT2D eigenvalue weighted by Crippen LogP contribution is -2.07. The summed E-state index contributed by atoms with van der Waals surface area (Å²) >= 11 is 0.380. The Labute approximate surface area is 291 Å². The van der Waals surface area contributed by atoms with Crippen molar-refractivity contribution in [3.05, 3.63) is 109 Å². The molecule has 2 N–H and O–H groups in total. The van der Waals surface area contributed by atoms with E-state index in [-0.39, 0.29) is 42.6 Å². The molecule has 262 valence electrons. The second kappa shape index (κ2) is 15.1. The first kappa shape index (κ1) is 36.6. The first-order chi connectivity index (χ1) is 23.8. The van der Waals surface area contributed by atoms with Gasteiger partial charge in [0.15, 0.2) is 0 Å². The summed E-state index contributed by atoms with van der Waals surface area (Å²) < 4.78 is 114. The summed E-state index contributed by atoms with van der Waals surface area (Å²) in [7, 11) is -10.4. The molecule has 5 aromatic rings. The summed E-state index contributed by atoms with van der Waals surface area (Å²) in [4.78, 5) is -1.67. The topological polar surface area (TPSA) is 198 Å². The fraction of sp³-hybridized carbons (Fsp3) is 0.0625. The van der Waals surface area contributed by atoms with Crippen LogP contribution in [0.4, 0.5) is 0 Å². The lowest BCUT2D eigenvalue weighted by atomic mass is 10.3. The van der Waals surface area contributed by atoms with E-state index in [0.29, 0.717) is 23.5 Å². The van der Waals surface area contributed by atoms with Crippen LogP contribution in [0.1, 0.15) is 0 Å². The maximum atomic E-state index is 13.7. The fourth-order valence-corrected chi connectivity index (χ4v) is 8.24. The van der Waals surface area contributed by atoms with Crippen LogP contribution in [-0.2, 0) is 39.2 Å². The molecule has 0 aromatic heterocycles. The predicted molar refractivity (Wildman–Crippen MR) is 177 cm³/mol. The molecule has 0 heterocycles. The van der Waals surface area contributed by atoms with Crippen LogP contribution in [0.3, 0.4) is 0 Å². The highest BCUT2D eigenvalue weighted by Crippen LogP contribution is 2.39. The van der Waals surface area contributed by atoms with E-state index >= 15 is 0 Å². The Morgan fingerprint density at radius 1 is 0.520 bits per heavy atom. The van der Waals surface area contributed by atoms with E-state index in [2.05, 4.69) is 9.37 Å². The molecule has 0 amide bonds. The van der Waals surface area contributed by atoms with E-state index < -0.39 is 39.6 Å². The Morgan fingerprint density at radius 3 is 1.42 bits per heavy atom. The number of hydrogen-bond donors (Lipinski definition) is 2. The van der Waals surface area contributed by atoms with Gasteiger partial charge in [-0.1, -0.05) is 5.04 Å². The second-order valence-corrected chi connectivity index (χ2v) is 16.0. The first-order valence-electron chi connectivity index (χ1n) is 13.9. The minimum atomic E-state index is -4.97. The molecular formula is C32H26O14S4. The van der Waals surface area contributed by atoms with Crippen molar-refractivity contribution in [3.63, 3.8) is 0 Å². The minimum absolute atomic E-state index is 0.0126. The second-order valence-electron chi connectivity index (χ2n) is 9.95. The van der Waals surface area contributed by atoms with Gasteiger partial charge in [-0.05, 0) is 109 Å². The molecule has 5 rings (SSSR count). The van der Waals surface area contributed by atoms with E-state index in [9.17, 15) is 29.8 Å². The number of ether oxygens (including phenoxy) is 4. The van der Waals surface area contributed by atoms with Crippen molar-refractivity contribution in [2.24, 2.45) is 0 Å². The van der Waals surface area contributed by atoms with Gasteiger partial charge in [-0.25, -0.2) is 22.1 Å². The number of hydrogen-bond acceptors (Lipinski definition) is 14. The molecule has 0 atom stereocenters. The Morgan fingerprint density at radius 2 is 0.920 bits per heavy atom. The normalized spacial score (nSPS) is 11.9. The van der Waals surface area contributed by atoms with Gasteiger partial charge in [0.25, 0.3) is 10.1 Å². The van der Waals surface area contributed by atoms with Crippen LogP contribution in [0.2, 0.25) is 0 Å². The molecule has 0 saturated carbocycles. The largest absolute Gasteiger partial charge is 0.497 e. The van der Waals surface area contributed by atoms with Crippen molar-refractivity contribution < 1.29 is 63.4 Å². The number of rotatable bonds is 14. The Balaban J connectivity index is 1.43. The van der Waals surface area contributed by atoms with E-state index in [1.54, 1.807) is 12.1 Å². The number of methoxy groups -OCH3 is 2. The highest BCUT2D eigenvalue weighted by molar-refractivity contribution is 7.95. The average Bonchev–Trinajstić information content (AvgIpc) is 3.11. The first-order valence-corrected chi connectivity index (χ1v) is 19.1. The molecule has 50 heavy (non-hydrogen) atoms. The van der Waals surface area contributed by atoms with Crippen molar-refractivity contribution in [2.75, 3.05) is 14.2 Å². The van der Waals surface area contributed by atoms with Crippen LogP contribution >= 0.6 is 12.0 Å². The summed E-state index contributed by atoms with van der Waals surface area (Å²) in [5, 5.41) is 12.4. The molecule has 0 aliphatic heterocycles. The van der Waals surface area contributed by atoms with Gasteiger partial charge in [0, 0.05) is 0 Å². The summed E-state index contributed by atoms with van der Waals surface area (Å²) in [5.41, 5.74) is 0. The molecule has 0 spiro atoms. The molecule has 14 nitrogen and oxygen atoms in total. The Kier molecular flexibility index (Phi) is 11.0. The van der Waals surface area contributed by atoms with Crippen molar-refractivity contribution >= 4 is 41.8 Å². The third-order valence-electron chi connectivity index (χ3n) is 6.90. The highest BCUT2D eigenvalue weighted by atomic mass is 32.2. The maximum Gasteiger partial charge on any atom is 0.298 e. The summed E-state index contributed by atoms with van der Waals surface area (Å²) in [6, 6.07) is 23.8. The van der Waals surface area contributed by atoms with Gasteiger partial charge >= 0.3 is 0 Å².